The van der Waals surface area contributed by atoms with Crippen molar-refractivity contribution in [1.29, 1.82) is 0 Å². The highest BCUT2D eigenvalue weighted by Gasteiger charge is 2.31. The number of hydrogen-bond donors (Lipinski definition) is 0. The third-order valence-electron chi connectivity index (χ3n) is 3.51. The summed E-state index contributed by atoms with van der Waals surface area (Å²) in [5, 5.41) is 11.0. The van der Waals surface area contributed by atoms with E-state index in [1.165, 1.54) is 16.4 Å². The molecule has 0 radical (unpaired) electrons. The minimum Gasteiger partial charge on any atom is -0.545 e. The number of hydrogen-bond acceptors (Lipinski definition) is 4. The van der Waals surface area contributed by atoms with Crippen LogP contribution in [0.4, 0.5) is 0 Å². The average Bonchev–Trinajstić information content (AvgIpc) is 2.38. The van der Waals surface area contributed by atoms with Gasteiger partial charge in [-0.25, -0.2) is 8.42 Å². The van der Waals surface area contributed by atoms with E-state index in [2.05, 4.69) is 15.9 Å². The molecule has 0 saturated carbocycles. The van der Waals surface area contributed by atoms with Gasteiger partial charge >= 0.3 is 0 Å². The van der Waals surface area contributed by atoms with Crippen LogP contribution >= 0.6 is 15.9 Å². The molecule has 7 heteroatoms. The van der Waals surface area contributed by atoms with Crippen LogP contribution in [0.1, 0.15) is 36.5 Å². The number of carbonyl (C=O) groups excluding carboxylic acids is 1. The number of nitrogens with zero attached hydrogens (tertiary/aromatic N) is 1. The highest BCUT2D eigenvalue weighted by molar-refractivity contribution is 9.10. The number of aromatic carboxylic acids is 1. The lowest BCUT2D eigenvalue weighted by Crippen LogP contribution is -2.42. The molecule has 0 aromatic heterocycles. The van der Waals surface area contributed by atoms with E-state index in [0.29, 0.717) is 11.0 Å². The predicted octanol–water partition coefficient (Wildman–Crippen LogP) is 1.38. The summed E-state index contributed by atoms with van der Waals surface area (Å²) in [6.07, 6.45) is 2.66. The average molecular weight is 361 g/mol. The molecule has 0 bridgehead atoms. The van der Waals surface area contributed by atoms with E-state index in [1.54, 1.807) is 0 Å². The van der Waals surface area contributed by atoms with E-state index in [-0.39, 0.29) is 16.5 Å². The Morgan fingerprint density at radius 2 is 2.10 bits per heavy atom. The Morgan fingerprint density at radius 3 is 2.70 bits per heavy atom. The van der Waals surface area contributed by atoms with Crippen LogP contribution in [0.15, 0.2) is 27.6 Å². The van der Waals surface area contributed by atoms with Crippen LogP contribution in [-0.2, 0) is 10.0 Å². The molecule has 110 valence electrons. The number of benzene rings is 1. The molecule has 1 atom stereocenters. The largest absolute Gasteiger partial charge is 0.545 e. The van der Waals surface area contributed by atoms with E-state index in [4.69, 9.17) is 0 Å². The molecule has 0 N–H and O–H groups in total. The first-order valence-electron chi connectivity index (χ1n) is 6.37. The molecule has 1 saturated heterocycles. The summed E-state index contributed by atoms with van der Waals surface area (Å²) < 4.78 is 26.9. The quantitative estimate of drug-likeness (QED) is 0.815. The smallest absolute Gasteiger partial charge is 0.243 e. The van der Waals surface area contributed by atoms with Crippen LogP contribution in [-0.4, -0.2) is 31.3 Å². The topological polar surface area (TPSA) is 77.5 Å². The van der Waals surface area contributed by atoms with Gasteiger partial charge in [0.1, 0.15) is 0 Å². The molecule has 0 aliphatic carbocycles. The van der Waals surface area contributed by atoms with E-state index >= 15 is 0 Å². The summed E-state index contributed by atoms with van der Waals surface area (Å²) >= 11 is 3.08. The van der Waals surface area contributed by atoms with Crippen LogP contribution in [0.25, 0.3) is 0 Å². The highest BCUT2D eigenvalue weighted by Crippen LogP contribution is 2.27. The van der Waals surface area contributed by atoms with Crippen LogP contribution in [0.5, 0.6) is 0 Å². The Labute approximate surface area is 126 Å². The zero-order chi connectivity index (χ0) is 14.9. The Hall–Kier alpha value is -0.920. The molecular weight excluding hydrogens is 346 g/mol. The van der Waals surface area contributed by atoms with Gasteiger partial charge in [-0.15, -0.1) is 0 Å². The first-order chi connectivity index (χ1) is 9.34. The Kier molecular flexibility index (Phi) is 4.51. The van der Waals surface area contributed by atoms with Gasteiger partial charge in [0.25, 0.3) is 0 Å². The van der Waals surface area contributed by atoms with Gasteiger partial charge in [0.05, 0.1) is 10.9 Å². The zero-order valence-corrected chi connectivity index (χ0v) is 13.4. The van der Waals surface area contributed by atoms with Crippen LogP contribution in [0.3, 0.4) is 0 Å². The summed E-state index contributed by atoms with van der Waals surface area (Å²) in [6, 6.07) is 3.92. The Balaban J connectivity index is 2.44. The fourth-order valence-corrected chi connectivity index (χ4v) is 4.52. The maximum Gasteiger partial charge on any atom is 0.243 e. The predicted molar refractivity (Wildman–Crippen MR) is 75.7 cm³/mol. The maximum atomic E-state index is 12.6. The lowest BCUT2D eigenvalue weighted by atomic mass is 10.1. The van der Waals surface area contributed by atoms with E-state index in [9.17, 15) is 18.3 Å². The van der Waals surface area contributed by atoms with Crippen molar-refractivity contribution in [3.8, 4) is 0 Å². The fraction of sp³-hybridized carbons (Fsp3) is 0.462. The molecule has 0 amide bonds. The van der Waals surface area contributed by atoms with Crippen molar-refractivity contribution in [3.63, 3.8) is 0 Å². The lowest BCUT2D eigenvalue weighted by Gasteiger charge is -2.32. The SMILES string of the molecule is C[C@H]1CCCCN1S(=O)(=O)c1ccc(Br)c(C(=O)[O-])c1. The molecule has 1 aliphatic heterocycles. The molecule has 20 heavy (non-hydrogen) atoms. The van der Waals surface area contributed by atoms with Crippen LogP contribution in [0.2, 0.25) is 0 Å². The monoisotopic (exact) mass is 360 g/mol. The third-order valence-corrected chi connectivity index (χ3v) is 6.21. The van der Waals surface area contributed by atoms with Crippen molar-refractivity contribution in [2.45, 2.75) is 37.1 Å². The molecule has 1 aromatic rings. The first kappa shape index (κ1) is 15.5. The van der Waals surface area contributed by atoms with Crippen LogP contribution in [0, 0.1) is 0 Å². The second-order valence-electron chi connectivity index (χ2n) is 4.89. The summed E-state index contributed by atoms with van der Waals surface area (Å²) in [5.41, 5.74) is -0.157. The third kappa shape index (κ3) is 2.89. The summed E-state index contributed by atoms with van der Waals surface area (Å²) in [5.74, 6) is -1.40. The molecule has 1 aliphatic rings. The van der Waals surface area contributed by atoms with Crippen molar-refractivity contribution in [2.75, 3.05) is 6.54 Å². The highest BCUT2D eigenvalue weighted by atomic mass is 79.9. The van der Waals surface area contributed by atoms with Crippen molar-refractivity contribution in [2.24, 2.45) is 0 Å². The minimum absolute atomic E-state index is 0.00588. The standard InChI is InChI=1S/C13H16BrNO4S/c1-9-4-2-3-7-15(9)20(18,19)10-5-6-12(14)11(8-10)13(16)17/h5-6,8-9H,2-4,7H2,1H3,(H,16,17)/p-1/t9-/m0/s1. The fourth-order valence-electron chi connectivity index (χ4n) is 2.39. The lowest BCUT2D eigenvalue weighted by molar-refractivity contribution is -0.255. The number of halogens is 1. The normalized spacial score (nSPS) is 20.8. The van der Waals surface area contributed by atoms with Gasteiger partial charge in [-0.3, -0.25) is 0 Å². The number of piperidine rings is 1. The maximum absolute atomic E-state index is 12.6. The molecule has 5 nitrogen and oxygen atoms in total. The molecular formula is C13H15BrNO4S-. The first-order valence-corrected chi connectivity index (χ1v) is 8.60. The van der Waals surface area contributed by atoms with E-state index < -0.39 is 16.0 Å². The molecule has 2 rings (SSSR count). The van der Waals surface area contributed by atoms with Crippen molar-refractivity contribution >= 4 is 31.9 Å². The molecule has 1 aromatic carbocycles. The molecule has 1 fully saturated rings. The van der Waals surface area contributed by atoms with Gasteiger partial charge in [-0.2, -0.15) is 4.31 Å². The van der Waals surface area contributed by atoms with Crippen molar-refractivity contribution < 1.29 is 18.3 Å². The molecule has 0 spiro atoms. The Bertz CT molecular complexity index is 629. The van der Waals surface area contributed by atoms with Crippen LogP contribution < -0.4 is 5.11 Å². The number of carboxylic acid groups (broad SMARTS) is 1. The van der Waals surface area contributed by atoms with Crippen molar-refractivity contribution in [3.05, 3.63) is 28.2 Å². The second-order valence-corrected chi connectivity index (χ2v) is 7.63. The number of rotatable bonds is 3. The summed E-state index contributed by atoms with van der Waals surface area (Å²) in [7, 11) is -3.66. The van der Waals surface area contributed by atoms with Gasteiger partial charge in [-0.1, -0.05) is 22.4 Å². The number of sulfonamides is 1. The van der Waals surface area contributed by atoms with Gasteiger partial charge in [0.15, 0.2) is 0 Å². The zero-order valence-electron chi connectivity index (χ0n) is 11.0. The van der Waals surface area contributed by atoms with E-state index in [0.717, 1.165) is 25.3 Å². The van der Waals surface area contributed by atoms with Gasteiger partial charge in [-0.05, 0) is 38.0 Å². The Morgan fingerprint density at radius 1 is 1.40 bits per heavy atom. The number of carbonyl (C=O) groups is 1. The molecule has 1 heterocycles. The second kappa shape index (κ2) is 5.83. The van der Waals surface area contributed by atoms with Gasteiger partial charge < -0.3 is 9.90 Å². The van der Waals surface area contributed by atoms with Crippen molar-refractivity contribution in [1.82, 2.24) is 4.31 Å². The summed E-state index contributed by atoms with van der Waals surface area (Å²) in [6.45, 7) is 2.34. The summed E-state index contributed by atoms with van der Waals surface area (Å²) in [4.78, 5) is 11.0. The van der Waals surface area contributed by atoms with Gasteiger partial charge in [0, 0.05) is 22.6 Å². The molecule has 0 unspecified atom stereocenters. The van der Waals surface area contributed by atoms with Gasteiger partial charge in [0.2, 0.25) is 10.0 Å². The van der Waals surface area contributed by atoms with E-state index in [1.807, 2.05) is 6.92 Å². The minimum atomic E-state index is -3.66. The number of carboxylic acids is 1.